The Bertz CT molecular complexity index is 735. The Morgan fingerprint density at radius 2 is 1.87 bits per heavy atom. The van der Waals surface area contributed by atoms with Gasteiger partial charge in [-0.3, -0.25) is 4.79 Å². The van der Waals surface area contributed by atoms with Crippen LogP contribution in [0.5, 0.6) is 11.5 Å². The van der Waals surface area contributed by atoms with E-state index in [0.717, 1.165) is 22.6 Å². The van der Waals surface area contributed by atoms with Crippen LogP contribution in [0.1, 0.15) is 16.7 Å². The van der Waals surface area contributed by atoms with E-state index in [1.807, 2.05) is 55.5 Å². The quantitative estimate of drug-likeness (QED) is 0.813. The summed E-state index contributed by atoms with van der Waals surface area (Å²) in [6, 6.07) is 13.8. The molecule has 1 aliphatic heterocycles. The number of hydrogen-bond donors (Lipinski definition) is 0. The summed E-state index contributed by atoms with van der Waals surface area (Å²) in [5.41, 5.74) is 3.22. The van der Waals surface area contributed by atoms with Crippen molar-refractivity contribution in [3.05, 3.63) is 65.2 Å². The van der Waals surface area contributed by atoms with Gasteiger partial charge in [0, 0.05) is 19.7 Å². The van der Waals surface area contributed by atoms with E-state index in [-0.39, 0.29) is 12.7 Å². The van der Waals surface area contributed by atoms with Crippen molar-refractivity contribution in [1.82, 2.24) is 4.90 Å². The number of fused-ring (bicyclic) bond motifs is 1. The van der Waals surface area contributed by atoms with Crippen LogP contribution in [0.25, 0.3) is 6.08 Å². The summed E-state index contributed by atoms with van der Waals surface area (Å²) < 4.78 is 10.6. The Balaban J connectivity index is 1.62. The number of rotatable bonds is 4. The molecule has 23 heavy (non-hydrogen) atoms. The highest BCUT2D eigenvalue weighted by atomic mass is 16.7. The summed E-state index contributed by atoms with van der Waals surface area (Å²) in [4.78, 5) is 13.9. The lowest BCUT2D eigenvalue weighted by Gasteiger charge is -2.15. The van der Waals surface area contributed by atoms with Crippen LogP contribution >= 0.6 is 0 Å². The molecule has 0 aromatic heterocycles. The zero-order valence-electron chi connectivity index (χ0n) is 13.3. The standard InChI is InChI=1S/C19H19NO3/c1-14-3-5-15(6-4-14)8-10-19(21)20(2)12-16-7-9-17-18(11-16)23-13-22-17/h3-11H,12-13H2,1-2H3/b10-8+. The van der Waals surface area contributed by atoms with Gasteiger partial charge in [0.2, 0.25) is 12.7 Å². The second-order valence-corrected chi connectivity index (χ2v) is 5.63. The molecule has 2 aromatic carbocycles. The molecule has 1 aliphatic rings. The van der Waals surface area contributed by atoms with Gasteiger partial charge in [-0.1, -0.05) is 35.9 Å². The van der Waals surface area contributed by atoms with Gasteiger partial charge < -0.3 is 14.4 Å². The van der Waals surface area contributed by atoms with Crippen molar-refractivity contribution in [3.63, 3.8) is 0 Å². The highest BCUT2D eigenvalue weighted by molar-refractivity contribution is 5.91. The average molecular weight is 309 g/mol. The number of ether oxygens (including phenoxy) is 2. The van der Waals surface area contributed by atoms with Crippen LogP contribution in [-0.2, 0) is 11.3 Å². The molecule has 0 atom stereocenters. The molecule has 4 heteroatoms. The van der Waals surface area contributed by atoms with Crippen molar-refractivity contribution in [2.24, 2.45) is 0 Å². The summed E-state index contributed by atoms with van der Waals surface area (Å²) in [6.07, 6.45) is 3.43. The fraction of sp³-hybridized carbons (Fsp3) is 0.211. The van der Waals surface area contributed by atoms with Gasteiger partial charge in [-0.05, 0) is 36.3 Å². The Kier molecular flexibility index (Phi) is 4.33. The molecule has 0 saturated carbocycles. The highest BCUT2D eigenvalue weighted by Crippen LogP contribution is 2.32. The third-order valence-corrected chi connectivity index (χ3v) is 3.73. The molecule has 0 bridgehead atoms. The first-order valence-corrected chi connectivity index (χ1v) is 7.50. The Morgan fingerprint density at radius 3 is 2.65 bits per heavy atom. The second kappa shape index (κ2) is 6.57. The summed E-state index contributed by atoms with van der Waals surface area (Å²) in [6.45, 7) is 2.82. The van der Waals surface area contributed by atoms with E-state index in [2.05, 4.69) is 0 Å². The maximum absolute atomic E-state index is 12.2. The van der Waals surface area contributed by atoms with Gasteiger partial charge in [-0.25, -0.2) is 0 Å². The third kappa shape index (κ3) is 3.72. The molecular formula is C19H19NO3. The molecular weight excluding hydrogens is 290 g/mol. The monoisotopic (exact) mass is 309 g/mol. The number of amides is 1. The Morgan fingerprint density at radius 1 is 1.13 bits per heavy atom. The van der Waals surface area contributed by atoms with Gasteiger partial charge in [0.15, 0.2) is 11.5 Å². The summed E-state index contributed by atoms with van der Waals surface area (Å²) >= 11 is 0. The van der Waals surface area contributed by atoms with Gasteiger partial charge in [-0.2, -0.15) is 0 Å². The van der Waals surface area contributed by atoms with E-state index in [1.54, 1.807) is 18.0 Å². The molecule has 0 unspecified atom stereocenters. The van der Waals surface area contributed by atoms with Crippen molar-refractivity contribution >= 4 is 12.0 Å². The molecule has 0 saturated heterocycles. The second-order valence-electron chi connectivity index (χ2n) is 5.63. The third-order valence-electron chi connectivity index (χ3n) is 3.73. The van der Waals surface area contributed by atoms with Crippen molar-refractivity contribution < 1.29 is 14.3 Å². The SMILES string of the molecule is Cc1ccc(/C=C/C(=O)N(C)Cc2ccc3c(c2)OCO3)cc1. The number of benzene rings is 2. The predicted molar refractivity (Wildman–Crippen MR) is 89.3 cm³/mol. The van der Waals surface area contributed by atoms with Crippen LogP contribution in [0.3, 0.4) is 0 Å². The molecule has 0 aliphatic carbocycles. The first-order chi connectivity index (χ1) is 11.1. The molecule has 0 N–H and O–H groups in total. The van der Waals surface area contributed by atoms with Crippen LogP contribution in [0, 0.1) is 6.92 Å². The Labute approximate surface area is 135 Å². The van der Waals surface area contributed by atoms with Gasteiger partial charge in [0.1, 0.15) is 0 Å². The van der Waals surface area contributed by atoms with Gasteiger partial charge >= 0.3 is 0 Å². The minimum absolute atomic E-state index is 0.0387. The normalized spacial score (nSPS) is 12.6. The molecule has 0 spiro atoms. The number of hydrogen-bond acceptors (Lipinski definition) is 3. The smallest absolute Gasteiger partial charge is 0.246 e. The van der Waals surface area contributed by atoms with Crippen molar-refractivity contribution in [3.8, 4) is 11.5 Å². The van der Waals surface area contributed by atoms with Crippen LogP contribution in [0.2, 0.25) is 0 Å². The van der Waals surface area contributed by atoms with E-state index in [4.69, 9.17) is 9.47 Å². The number of likely N-dealkylation sites (N-methyl/N-ethyl adjacent to an activating group) is 1. The van der Waals surface area contributed by atoms with Crippen LogP contribution in [0.15, 0.2) is 48.5 Å². The van der Waals surface area contributed by atoms with Crippen molar-refractivity contribution in [2.45, 2.75) is 13.5 Å². The fourth-order valence-electron chi connectivity index (χ4n) is 2.36. The van der Waals surface area contributed by atoms with Crippen LogP contribution in [-0.4, -0.2) is 24.6 Å². The zero-order chi connectivity index (χ0) is 16.2. The van der Waals surface area contributed by atoms with Gasteiger partial charge in [-0.15, -0.1) is 0 Å². The largest absolute Gasteiger partial charge is 0.454 e. The van der Waals surface area contributed by atoms with E-state index < -0.39 is 0 Å². The van der Waals surface area contributed by atoms with Gasteiger partial charge in [0.05, 0.1) is 0 Å². The molecule has 2 aromatic rings. The van der Waals surface area contributed by atoms with Crippen LogP contribution < -0.4 is 9.47 Å². The van der Waals surface area contributed by atoms with E-state index >= 15 is 0 Å². The molecule has 1 heterocycles. The maximum Gasteiger partial charge on any atom is 0.246 e. The number of nitrogens with zero attached hydrogens (tertiary/aromatic N) is 1. The maximum atomic E-state index is 12.2. The molecule has 0 radical (unpaired) electrons. The zero-order valence-corrected chi connectivity index (χ0v) is 13.3. The van der Waals surface area contributed by atoms with E-state index in [9.17, 15) is 4.79 Å². The number of carbonyl (C=O) groups excluding carboxylic acids is 1. The van der Waals surface area contributed by atoms with Crippen LogP contribution in [0.4, 0.5) is 0 Å². The molecule has 3 rings (SSSR count). The lowest BCUT2D eigenvalue weighted by atomic mass is 10.1. The summed E-state index contributed by atoms with van der Waals surface area (Å²) in [7, 11) is 1.78. The number of carbonyl (C=O) groups is 1. The first-order valence-electron chi connectivity index (χ1n) is 7.50. The molecule has 0 fully saturated rings. The fourth-order valence-corrected chi connectivity index (χ4v) is 2.36. The molecule has 1 amide bonds. The summed E-state index contributed by atoms with van der Waals surface area (Å²) in [5, 5.41) is 0. The first kappa shape index (κ1) is 15.2. The predicted octanol–water partition coefficient (Wildman–Crippen LogP) is 3.40. The Hall–Kier alpha value is -2.75. The topological polar surface area (TPSA) is 38.8 Å². The summed E-state index contributed by atoms with van der Waals surface area (Å²) in [5.74, 6) is 1.45. The lowest BCUT2D eigenvalue weighted by molar-refractivity contribution is -0.125. The lowest BCUT2D eigenvalue weighted by Crippen LogP contribution is -2.24. The minimum Gasteiger partial charge on any atom is -0.454 e. The van der Waals surface area contributed by atoms with Crippen molar-refractivity contribution in [1.29, 1.82) is 0 Å². The molecule has 118 valence electrons. The number of aryl methyl sites for hydroxylation is 1. The molecule has 4 nitrogen and oxygen atoms in total. The average Bonchev–Trinajstić information content (AvgIpc) is 3.01. The minimum atomic E-state index is -0.0387. The van der Waals surface area contributed by atoms with Crippen molar-refractivity contribution in [2.75, 3.05) is 13.8 Å². The van der Waals surface area contributed by atoms with E-state index in [1.165, 1.54) is 5.56 Å². The van der Waals surface area contributed by atoms with E-state index in [0.29, 0.717) is 6.54 Å². The highest BCUT2D eigenvalue weighted by Gasteiger charge is 2.14. The van der Waals surface area contributed by atoms with Gasteiger partial charge in [0.25, 0.3) is 0 Å².